The lowest BCUT2D eigenvalue weighted by molar-refractivity contribution is 0.365. The highest BCUT2D eigenvalue weighted by molar-refractivity contribution is 7.90. The summed E-state index contributed by atoms with van der Waals surface area (Å²) < 4.78 is 60.0. The largest absolute Gasteiger partial charge is 0.479 e. The third-order valence-corrected chi connectivity index (χ3v) is 7.73. The van der Waals surface area contributed by atoms with Crippen LogP contribution in [-0.2, 0) is 15.6 Å². The van der Waals surface area contributed by atoms with Gasteiger partial charge < -0.3 is 15.4 Å². The summed E-state index contributed by atoms with van der Waals surface area (Å²) >= 11 is 0. The van der Waals surface area contributed by atoms with Crippen molar-refractivity contribution >= 4 is 21.9 Å². The van der Waals surface area contributed by atoms with Gasteiger partial charge in [-0.15, -0.1) is 0 Å². The Bertz CT molecular complexity index is 1140. The molecule has 0 unspecified atom stereocenters. The maximum absolute atomic E-state index is 14.1. The van der Waals surface area contributed by atoms with Crippen LogP contribution in [0.2, 0.25) is 0 Å². The Balaban J connectivity index is 1.88. The summed E-state index contributed by atoms with van der Waals surface area (Å²) in [5, 5.41) is -1.03. The third-order valence-electron chi connectivity index (χ3n) is 5.52. The molecule has 12 heteroatoms. The lowest BCUT2D eigenvalue weighted by Gasteiger charge is -2.38. The molecule has 0 saturated carbocycles. The van der Waals surface area contributed by atoms with Crippen LogP contribution >= 0.6 is 0 Å². The number of aromatic nitrogens is 2. The Morgan fingerprint density at radius 1 is 1.23 bits per heavy atom. The molecule has 2 aliphatic rings. The van der Waals surface area contributed by atoms with Crippen molar-refractivity contribution in [3.63, 3.8) is 0 Å². The van der Waals surface area contributed by atoms with Crippen LogP contribution in [0, 0.1) is 18.6 Å². The molecule has 2 aromatic rings. The smallest absolute Gasteiger partial charge is 0.255 e. The second kappa shape index (κ2) is 6.76. The van der Waals surface area contributed by atoms with E-state index in [0.717, 1.165) is 4.31 Å². The van der Waals surface area contributed by atoms with Gasteiger partial charge in [0, 0.05) is 13.6 Å². The second-order valence-corrected chi connectivity index (χ2v) is 9.36. The lowest BCUT2D eigenvalue weighted by Crippen LogP contribution is -2.56. The first-order chi connectivity index (χ1) is 14.1. The fourth-order valence-corrected chi connectivity index (χ4v) is 5.69. The van der Waals surface area contributed by atoms with E-state index >= 15 is 0 Å². The zero-order valence-electron chi connectivity index (χ0n) is 16.5. The number of guanidine groups is 1. The number of anilines is 1. The number of benzene rings is 1. The molecule has 0 amide bonds. The molecule has 1 aromatic heterocycles. The van der Waals surface area contributed by atoms with Gasteiger partial charge in [-0.25, -0.2) is 27.1 Å². The number of halogens is 2. The van der Waals surface area contributed by atoms with Crippen molar-refractivity contribution in [2.45, 2.75) is 17.7 Å². The summed E-state index contributed by atoms with van der Waals surface area (Å²) in [5.41, 5.74) is 5.18. The van der Waals surface area contributed by atoms with Crippen LogP contribution in [0.25, 0.3) is 0 Å². The topological polar surface area (TPSA) is 114 Å². The van der Waals surface area contributed by atoms with Gasteiger partial charge in [-0.3, -0.25) is 0 Å². The highest BCUT2D eigenvalue weighted by Gasteiger charge is 2.59. The zero-order chi connectivity index (χ0) is 21.8. The number of nitrogens with two attached hydrogens (primary N) is 1. The van der Waals surface area contributed by atoms with Crippen molar-refractivity contribution in [1.29, 1.82) is 0 Å². The predicted molar refractivity (Wildman–Crippen MR) is 106 cm³/mol. The molecule has 2 atom stereocenters. The van der Waals surface area contributed by atoms with Gasteiger partial charge in [0.1, 0.15) is 16.6 Å². The second-order valence-electron chi connectivity index (χ2n) is 7.22. The van der Waals surface area contributed by atoms with Gasteiger partial charge >= 0.3 is 0 Å². The first-order valence-electron chi connectivity index (χ1n) is 9.02. The number of aliphatic imine (C=N–C) groups is 1. The van der Waals surface area contributed by atoms with E-state index in [1.54, 1.807) is 4.90 Å². The molecule has 0 radical (unpaired) electrons. The molecule has 1 aromatic carbocycles. The fourth-order valence-electron chi connectivity index (χ4n) is 3.88. The zero-order valence-corrected chi connectivity index (χ0v) is 17.3. The monoisotopic (exact) mass is 438 g/mol. The average molecular weight is 438 g/mol. The van der Waals surface area contributed by atoms with Crippen molar-refractivity contribution in [2.24, 2.45) is 10.7 Å². The average Bonchev–Trinajstić information content (AvgIpc) is 3.10. The number of methoxy groups -OCH3 is 1. The molecule has 9 nitrogen and oxygen atoms in total. The van der Waals surface area contributed by atoms with Crippen molar-refractivity contribution < 1.29 is 21.9 Å². The Morgan fingerprint density at radius 2 is 1.90 bits per heavy atom. The lowest BCUT2D eigenvalue weighted by atomic mass is 9.89. The van der Waals surface area contributed by atoms with Crippen molar-refractivity contribution in [3.8, 4) is 5.88 Å². The quantitative estimate of drug-likeness (QED) is 0.752. The minimum Gasteiger partial charge on any atom is -0.479 e. The van der Waals surface area contributed by atoms with E-state index in [1.165, 1.54) is 45.3 Å². The molecule has 160 valence electrons. The van der Waals surface area contributed by atoms with Crippen LogP contribution in [0.1, 0.15) is 11.3 Å². The van der Waals surface area contributed by atoms with E-state index in [9.17, 15) is 17.2 Å². The summed E-state index contributed by atoms with van der Waals surface area (Å²) in [6, 6.07) is 5.45. The Kier molecular flexibility index (Phi) is 4.56. The third kappa shape index (κ3) is 2.85. The van der Waals surface area contributed by atoms with E-state index in [-0.39, 0.29) is 36.6 Å². The van der Waals surface area contributed by atoms with Crippen LogP contribution in [0.4, 0.5) is 14.7 Å². The van der Waals surface area contributed by atoms with Crippen LogP contribution < -0.4 is 15.4 Å². The molecular weight excluding hydrogens is 418 g/mol. The van der Waals surface area contributed by atoms with Crippen LogP contribution in [0.3, 0.4) is 0 Å². The molecule has 4 rings (SSSR count). The molecular formula is C18H20F2N6O3S. The summed E-state index contributed by atoms with van der Waals surface area (Å²) in [6.45, 7) is 1.49. The van der Waals surface area contributed by atoms with Gasteiger partial charge in [0.2, 0.25) is 27.7 Å². The molecule has 2 aliphatic heterocycles. The minimum absolute atomic E-state index is 0.0188. The number of hydrogen-bond acceptors (Lipinski definition) is 8. The van der Waals surface area contributed by atoms with E-state index < -0.39 is 32.4 Å². The molecule has 0 bridgehead atoms. The number of fused-ring (bicyclic) bond motifs is 1. The highest BCUT2D eigenvalue weighted by Crippen LogP contribution is 2.44. The number of sulfonamides is 1. The maximum Gasteiger partial charge on any atom is 0.255 e. The van der Waals surface area contributed by atoms with E-state index in [0.29, 0.717) is 5.56 Å². The Labute approximate surface area is 172 Å². The molecule has 2 N–H and O–H groups in total. The van der Waals surface area contributed by atoms with Crippen molar-refractivity contribution in [2.75, 3.05) is 32.1 Å². The van der Waals surface area contributed by atoms with Gasteiger partial charge in [0.25, 0.3) is 5.88 Å². The van der Waals surface area contributed by atoms with E-state index in [2.05, 4.69) is 15.0 Å². The number of nitrogens with zero attached hydrogens (tertiary/aromatic N) is 5. The summed E-state index contributed by atoms with van der Waals surface area (Å²) in [5.74, 6) is -1.47. The molecule has 0 aliphatic carbocycles. The van der Waals surface area contributed by atoms with Gasteiger partial charge in [0.15, 0.2) is 0 Å². The molecule has 30 heavy (non-hydrogen) atoms. The maximum atomic E-state index is 14.1. The molecule has 0 spiro atoms. The number of rotatable bonds is 3. The summed E-state index contributed by atoms with van der Waals surface area (Å²) in [6.07, 6.45) is 0. The van der Waals surface area contributed by atoms with Crippen LogP contribution in [0.15, 0.2) is 29.3 Å². The van der Waals surface area contributed by atoms with Crippen LogP contribution in [-0.4, -0.2) is 61.1 Å². The van der Waals surface area contributed by atoms with Crippen LogP contribution in [0.5, 0.6) is 5.88 Å². The first-order valence-corrected chi connectivity index (χ1v) is 10.5. The van der Waals surface area contributed by atoms with Gasteiger partial charge in [-0.2, -0.15) is 9.37 Å². The molecule has 1 saturated heterocycles. The van der Waals surface area contributed by atoms with Gasteiger partial charge in [-0.05, 0) is 24.6 Å². The fraction of sp³-hybridized carbons (Fsp3) is 0.389. The van der Waals surface area contributed by atoms with Gasteiger partial charge in [0.05, 0.1) is 19.3 Å². The first kappa shape index (κ1) is 20.3. The minimum atomic E-state index is -3.90. The normalized spacial score (nSPS) is 25.1. The van der Waals surface area contributed by atoms with Crippen molar-refractivity contribution in [3.05, 3.63) is 47.2 Å². The SMILES string of the molecule is COc1nc(N2C[C@@H]3[C@](c4ccc(F)cc4)(C2)N=C(N)N(C)S3(=O)=O)nc(C)c1F. The number of hydrogen-bond donors (Lipinski definition) is 1. The number of aryl methyl sites for hydroxylation is 1. The number of ether oxygens (including phenoxy) is 1. The Hall–Kier alpha value is -3.02. The Morgan fingerprint density at radius 3 is 2.53 bits per heavy atom. The molecule has 3 heterocycles. The standard InChI is InChI=1S/C18H20F2N6O3S/c1-10-14(20)15(29-3)23-17(22-10)26-8-13-18(9-26,11-4-6-12(19)7-5-11)24-16(21)25(2)30(13,27)28/h4-7,13H,8-9H2,1-3H3,(H2,21,24)/t13-,18-/m1/s1. The van der Waals surface area contributed by atoms with E-state index in [4.69, 9.17) is 10.5 Å². The van der Waals surface area contributed by atoms with Crippen molar-refractivity contribution in [1.82, 2.24) is 14.3 Å². The molecule has 1 fully saturated rings. The summed E-state index contributed by atoms with van der Waals surface area (Å²) in [7, 11) is -1.29. The van der Waals surface area contributed by atoms with E-state index in [1.807, 2.05) is 0 Å². The summed E-state index contributed by atoms with van der Waals surface area (Å²) in [4.78, 5) is 14.4. The highest BCUT2D eigenvalue weighted by atomic mass is 32.2. The predicted octanol–water partition coefficient (Wildman–Crippen LogP) is 0.746. The van der Waals surface area contributed by atoms with Gasteiger partial charge in [-0.1, -0.05) is 12.1 Å².